The van der Waals surface area contributed by atoms with Crippen LogP contribution in [0.3, 0.4) is 0 Å². The Kier molecular flexibility index (Phi) is 3.68. The molecule has 0 bridgehead atoms. The zero-order valence-electron chi connectivity index (χ0n) is 14.1. The molecule has 0 atom stereocenters. The maximum Gasteiger partial charge on any atom is 0.335 e. The van der Waals surface area contributed by atoms with E-state index >= 15 is 0 Å². The van der Waals surface area contributed by atoms with Gasteiger partial charge < -0.3 is 4.74 Å². The van der Waals surface area contributed by atoms with Crippen LogP contribution in [0.2, 0.25) is 5.02 Å². The number of ether oxygens (including phenoxy) is 1. The predicted molar refractivity (Wildman–Crippen MR) is 100 cm³/mol. The molecule has 1 aromatic carbocycles. The van der Waals surface area contributed by atoms with Crippen molar-refractivity contribution in [3.63, 3.8) is 0 Å². The van der Waals surface area contributed by atoms with Crippen molar-refractivity contribution in [1.82, 2.24) is 9.13 Å². The number of hydrogen-bond donors (Lipinski definition) is 0. The van der Waals surface area contributed by atoms with Crippen molar-refractivity contribution >= 4 is 33.2 Å². The molecule has 4 rings (SSSR count). The standard InChI is InChI=1S/C18H17ClN2O3S/c1-18(2)8-13-12(9-24-18)14-15(25-13)16(22)21(17(23)20(14)3)11-6-4-5-10(19)7-11/h4-7H,8-9H2,1-3H3. The number of halogens is 1. The summed E-state index contributed by atoms with van der Waals surface area (Å²) in [5.74, 6) is 0. The zero-order valence-corrected chi connectivity index (χ0v) is 15.7. The molecule has 0 aliphatic carbocycles. The van der Waals surface area contributed by atoms with Gasteiger partial charge >= 0.3 is 5.69 Å². The topological polar surface area (TPSA) is 53.2 Å². The van der Waals surface area contributed by atoms with Crippen LogP contribution >= 0.6 is 22.9 Å². The van der Waals surface area contributed by atoms with Gasteiger partial charge in [-0.1, -0.05) is 17.7 Å². The van der Waals surface area contributed by atoms with E-state index < -0.39 is 0 Å². The molecule has 1 aliphatic rings. The van der Waals surface area contributed by atoms with Gasteiger partial charge in [-0.15, -0.1) is 11.3 Å². The summed E-state index contributed by atoms with van der Waals surface area (Å²) in [5, 5.41) is 0.479. The van der Waals surface area contributed by atoms with Gasteiger partial charge in [0.25, 0.3) is 5.56 Å². The Balaban J connectivity index is 2.06. The summed E-state index contributed by atoms with van der Waals surface area (Å²) in [5.41, 5.74) is 1.15. The highest BCUT2D eigenvalue weighted by Crippen LogP contribution is 2.37. The molecular weight excluding hydrogens is 360 g/mol. The average Bonchev–Trinajstić information content (AvgIpc) is 2.90. The normalized spacial score (nSPS) is 16.2. The average molecular weight is 377 g/mol. The lowest BCUT2D eigenvalue weighted by molar-refractivity contribution is -0.0383. The van der Waals surface area contributed by atoms with Gasteiger partial charge in [-0.25, -0.2) is 9.36 Å². The zero-order chi connectivity index (χ0) is 17.9. The van der Waals surface area contributed by atoms with Crippen LogP contribution in [-0.4, -0.2) is 14.7 Å². The number of aromatic nitrogens is 2. The first-order valence-electron chi connectivity index (χ1n) is 7.95. The van der Waals surface area contributed by atoms with Crippen molar-refractivity contribution in [3.05, 3.63) is 60.6 Å². The van der Waals surface area contributed by atoms with Gasteiger partial charge in [0.15, 0.2) is 0 Å². The Morgan fingerprint density at radius 1 is 1.28 bits per heavy atom. The fourth-order valence-electron chi connectivity index (χ4n) is 3.28. The number of rotatable bonds is 1. The highest BCUT2D eigenvalue weighted by atomic mass is 35.5. The molecule has 0 N–H and O–H groups in total. The van der Waals surface area contributed by atoms with E-state index in [0.717, 1.165) is 16.9 Å². The third kappa shape index (κ3) is 2.56. The van der Waals surface area contributed by atoms with E-state index in [1.807, 2.05) is 13.8 Å². The molecule has 0 saturated heterocycles. The molecule has 25 heavy (non-hydrogen) atoms. The molecule has 3 heterocycles. The van der Waals surface area contributed by atoms with Gasteiger partial charge in [0.05, 0.1) is 23.4 Å². The molecule has 0 amide bonds. The summed E-state index contributed by atoms with van der Waals surface area (Å²) >= 11 is 7.49. The largest absolute Gasteiger partial charge is 0.370 e. The maximum absolute atomic E-state index is 13.1. The number of thiophene rings is 1. The summed E-state index contributed by atoms with van der Waals surface area (Å²) in [7, 11) is 1.69. The molecule has 0 fully saturated rings. The smallest absolute Gasteiger partial charge is 0.335 e. The Labute approximate surface area is 153 Å². The molecule has 130 valence electrons. The second-order valence-corrected chi connectivity index (χ2v) is 8.41. The summed E-state index contributed by atoms with van der Waals surface area (Å²) in [6, 6.07) is 6.77. The van der Waals surface area contributed by atoms with Crippen LogP contribution in [-0.2, 0) is 24.8 Å². The van der Waals surface area contributed by atoms with E-state index in [2.05, 4.69) is 0 Å². The number of benzene rings is 1. The quantitative estimate of drug-likeness (QED) is 0.655. The molecule has 0 saturated carbocycles. The highest BCUT2D eigenvalue weighted by Gasteiger charge is 2.31. The molecule has 0 radical (unpaired) electrons. The van der Waals surface area contributed by atoms with Crippen LogP contribution in [0.15, 0.2) is 33.9 Å². The van der Waals surface area contributed by atoms with Gasteiger partial charge in [0.2, 0.25) is 0 Å². The van der Waals surface area contributed by atoms with Crippen LogP contribution in [0, 0.1) is 0 Å². The summed E-state index contributed by atoms with van der Waals surface area (Å²) in [6.45, 7) is 4.48. The molecular formula is C18H17ClN2O3S. The second-order valence-electron chi connectivity index (χ2n) is 6.87. The fourth-order valence-corrected chi connectivity index (χ4v) is 4.94. The van der Waals surface area contributed by atoms with E-state index in [9.17, 15) is 9.59 Å². The van der Waals surface area contributed by atoms with E-state index in [1.165, 1.54) is 20.5 Å². The highest BCUT2D eigenvalue weighted by molar-refractivity contribution is 7.19. The minimum Gasteiger partial charge on any atom is -0.370 e. The van der Waals surface area contributed by atoms with Crippen molar-refractivity contribution in [2.24, 2.45) is 7.05 Å². The lowest BCUT2D eigenvalue weighted by Gasteiger charge is -2.29. The monoisotopic (exact) mass is 376 g/mol. The Morgan fingerprint density at radius 3 is 2.76 bits per heavy atom. The van der Waals surface area contributed by atoms with Crippen LogP contribution in [0.25, 0.3) is 15.9 Å². The molecule has 5 nitrogen and oxygen atoms in total. The number of hydrogen-bond acceptors (Lipinski definition) is 4. The van der Waals surface area contributed by atoms with Crippen molar-refractivity contribution in [1.29, 1.82) is 0 Å². The summed E-state index contributed by atoms with van der Waals surface area (Å²) < 4.78 is 9.18. The van der Waals surface area contributed by atoms with Crippen molar-refractivity contribution in [2.45, 2.75) is 32.5 Å². The SMILES string of the molecule is Cn1c(=O)n(-c2cccc(Cl)c2)c(=O)c2sc3c(c21)COC(C)(C)C3. The Hall–Kier alpha value is -1.89. The van der Waals surface area contributed by atoms with Crippen LogP contribution < -0.4 is 11.2 Å². The van der Waals surface area contributed by atoms with E-state index in [1.54, 1.807) is 31.3 Å². The van der Waals surface area contributed by atoms with Gasteiger partial charge in [-0.05, 0) is 32.0 Å². The third-order valence-electron chi connectivity index (χ3n) is 4.53. The molecule has 3 aromatic rings. The molecule has 1 aliphatic heterocycles. The number of fused-ring (bicyclic) bond motifs is 3. The fraction of sp³-hybridized carbons (Fsp3) is 0.333. The van der Waals surface area contributed by atoms with Crippen molar-refractivity contribution in [3.8, 4) is 5.69 Å². The molecule has 0 spiro atoms. The van der Waals surface area contributed by atoms with Crippen molar-refractivity contribution in [2.75, 3.05) is 0 Å². The van der Waals surface area contributed by atoms with E-state index in [0.29, 0.717) is 27.5 Å². The first-order chi connectivity index (χ1) is 11.8. The first kappa shape index (κ1) is 16.6. The lowest BCUT2D eigenvalue weighted by Crippen LogP contribution is -2.37. The van der Waals surface area contributed by atoms with Crippen molar-refractivity contribution < 1.29 is 4.74 Å². The van der Waals surface area contributed by atoms with Gasteiger partial charge in [0.1, 0.15) is 4.70 Å². The second kappa shape index (κ2) is 5.56. The Bertz CT molecular complexity index is 1120. The van der Waals surface area contributed by atoms with E-state index in [4.69, 9.17) is 16.3 Å². The maximum atomic E-state index is 13.1. The number of aryl methyl sites for hydroxylation is 1. The first-order valence-corrected chi connectivity index (χ1v) is 9.14. The van der Waals surface area contributed by atoms with Gasteiger partial charge in [0, 0.05) is 28.9 Å². The molecule has 2 aromatic heterocycles. The summed E-state index contributed by atoms with van der Waals surface area (Å²) in [6.07, 6.45) is 0.729. The molecule has 0 unspecified atom stereocenters. The van der Waals surface area contributed by atoms with E-state index in [-0.39, 0.29) is 16.9 Å². The third-order valence-corrected chi connectivity index (χ3v) is 5.98. The Morgan fingerprint density at radius 2 is 2.04 bits per heavy atom. The number of nitrogens with zero attached hydrogens (tertiary/aromatic N) is 2. The van der Waals surface area contributed by atoms with Crippen LogP contribution in [0.1, 0.15) is 24.3 Å². The van der Waals surface area contributed by atoms with Crippen LogP contribution in [0.5, 0.6) is 0 Å². The van der Waals surface area contributed by atoms with Gasteiger partial charge in [-0.2, -0.15) is 0 Å². The van der Waals surface area contributed by atoms with Gasteiger partial charge in [-0.3, -0.25) is 9.36 Å². The summed E-state index contributed by atoms with van der Waals surface area (Å²) in [4.78, 5) is 27.1. The minimum atomic E-state index is -0.384. The predicted octanol–water partition coefficient (Wildman–Crippen LogP) is 3.26. The molecule has 7 heteroatoms. The lowest BCUT2D eigenvalue weighted by atomic mass is 9.98. The minimum absolute atomic E-state index is 0.265. The van der Waals surface area contributed by atoms with Crippen LogP contribution in [0.4, 0.5) is 0 Å².